The van der Waals surface area contributed by atoms with Crippen molar-refractivity contribution >= 4 is 12.0 Å². The summed E-state index contributed by atoms with van der Waals surface area (Å²) in [6.45, 7) is 3.46. The topological polar surface area (TPSA) is 81.1 Å². The molecular formula is C11H20N2O4. The average molecular weight is 244 g/mol. The monoisotopic (exact) mass is 244 g/mol. The molecule has 17 heavy (non-hydrogen) atoms. The minimum Gasteiger partial charge on any atom is -0.481 e. The normalized spacial score (nSPS) is 20.1. The number of amides is 2. The van der Waals surface area contributed by atoms with Gasteiger partial charge in [0.15, 0.2) is 0 Å². The van der Waals surface area contributed by atoms with Gasteiger partial charge < -0.3 is 20.0 Å². The minimum atomic E-state index is -0.840. The molecule has 0 aromatic heterocycles. The number of hydrogen-bond acceptors (Lipinski definition) is 3. The molecule has 6 heteroatoms. The van der Waals surface area contributed by atoms with Crippen LogP contribution in [0.3, 0.4) is 0 Å². The van der Waals surface area contributed by atoms with Crippen LogP contribution in [0.25, 0.3) is 0 Å². The number of nitrogens with zero attached hydrogens (tertiary/aromatic N) is 2. The zero-order valence-corrected chi connectivity index (χ0v) is 10.1. The predicted molar refractivity (Wildman–Crippen MR) is 61.7 cm³/mol. The molecule has 98 valence electrons. The molecule has 1 atom stereocenters. The van der Waals surface area contributed by atoms with Gasteiger partial charge in [0.05, 0.1) is 12.5 Å². The molecule has 0 aromatic carbocycles. The van der Waals surface area contributed by atoms with Gasteiger partial charge in [0.1, 0.15) is 0 Å². The Morgan fingerprint density at radius 1 is 1.47 bits per heavy atom. The zero-order valence-electron chi connectivity index (χ0n) is 10.1. The summed E-state index contributed by atoms with van der Waals surface area (Å²) >= 11 is 0. The predicted octanol–water partition coefficient (Wildman–Crippen LogP) is 0.217. The lowest BCUT2D eigenvalue weighted by atomic mass is 9.99. The van der Waals surface area contributed by atoms with E-state index in [0.717, 1.165) is 6.42 Å². The average Bonchev–Trinajstić information content (AvgIpc) is 2.35. The Balaban J connectivity index is 2.58. The quantitative estimate of drug-likeness (QED) is 0.741. The smallest absolute Gasteiger partial charge is 0.320 e. The van der Waals surface area contributed by atoms with E-state index >= 15 is 0 Å². The zero-order chi connectivity index (χ0) is 12.8. The van der Waals surface area contributed by atoms with E-state index in [4.69, 9.17) is 10.2 Å². The van der Waals surface area contributed by atoms with E-state index in [1.54, 1.807) is 4.90 Å². The summed E-state index contributed by atoms with van der Waals surface area (Å²) in [5.74, 6) is -1.30. The summed E-state index contributed by atoms with van der Waals surface area (Å²) in [5.41, 5.74) is 0. The molecule has 1 unspecified atom stereocenters. The van der Waals surface area contributed by atoms with Crippen molar-refractivity contribution in [2.45, 2.75) is 19.8 Å². The highest BCUT2D eigenvalue weighted by atomic mass is 16.4. The first-order valence-electron chi connectivity index (χ1n) is 5.97. The van der Waals surface area contributed by atoms with E-state index in [2.05, 4.69) is 0 Å². The van der Waals surface area contributed by atoms with Gasteiger partial charge in [-0.25, -0.2) is 4.79 Å². The second-order valence-electron chi connectivity index (χ2n) is 4.21. The van der Waals surface area contributed by atoms with Gasteiger partial charge in [0.25, 0.3) is 0 Å². The molecule has 0 bridgehead atoms. The third-order valence-electron chi connectivity index (χ3n) is 3.06. The molecule has 0 aromatic rings. The maximum absolute atomic E-state index is 12.0. The van der Waals surface area contributed by atoms with Crippen LogP contribution in [0.4, 0.5) is 4.79 Å². The number of carboxylic acid groups (broad SMARTS) is 1. The molecule has 1 aliphatic heterocycles. The van der Waals surface area contributed by atoms with Crippen LogP contribution in [0.5, 0.6) is 0 Å². The number of aliphatic hydroxyl groups excluding tert-OH is 1. The highest BCUT2D eigenvalue weighted by Gasteiger charge is 2.29. The molecule has 2 amide bonds. The number of carboxylic acids is 1. The number of likely N-dealkylation sites (tertiary alicyclic amines) is 1. The van der Waals surface area contributed by atoms with Crippen molar-refractivity contribution in [3.8, 4) is 0 Å². The summed E-state index contributed by atoms with van der Waals surface area (Å²) in [4.78, 5) is 26.0. The van der Waals surface area contributed by atoms with Gasteiger partial charge in [0.2, 0.25) is 0 Å². The fourth-order valence-electron chi connectivity index (χ4n) is 2.06. The summed E-state index contributed by atoms with van der Waals surface area (Å²) in [6.07, 6.45) is 1.35. The lowest BCUT2D eigenvalue weighted by molar-refractivity contribution is -0.143. The number of aliphatic carboxylic acids is 1. The molecule has 6 nitrogen and oxygen atoms in total. The van der Waals surface area contributed by atoms with Gasteiger partial charge in [-0.1, -0.05) is 0 Å². The molecule has 1 saturated heterocycles. The van der Waals surface area contributed by atoms with E-state index in [1.807, 2.05) is 6.92 Å². The van der Waals surface area contributed by atoms with E-state index in [9.17, 15) is 9.59 Å². The fourth-order valence-corrected chi connectivity index (χ4v) is 2.06. The first-order chi connectivity index (χ1) is 8.10. The molecule has 1 heterocycles. The number of hydrogen-bond donors (Lipinski definition) is 2. The Morgan fingerprint density at radius 2 is 2.18 bits per heavy atom. The number of likely N-dealkylation sites (N-methyl/N-ethyl adjacent to an activating group) is 1. The Bertz CT molecular complexity index is 283. The number of carbonyl (C=O) groups is 2. The first kappa shape index (κ1) is 13.8. The van der Waals surface area contributed by atoms with Gasteiger partial charge >= 0.3 is 12.0 Å². The van der Waals surface area contributed by atoms with E-state index in [0.29, 0.717) is 26.1 Å². The summed E-state index contributed by atoms with van der Waals surface area (Å²) in [5, 5.41) is 17.8. The van der Waals surface area contributed by atoms with Crippen molar-refractivity contribution in [2.75, 3.05) is 32.8 Å². The number of aliphatic hydroxyl groups is 1. The second kappa shape index (κ2) is 6.44. The fraction of sp³-hybridized carbons (Fsp3) is 0.818. The van der Waals surface area contributed by atoms with Crippen LogP contribution in [0.2, 0.25) is 0 Å². The van der Waals surface area contributed by atoms with Crippen LogP contribution in [0.15, 0.2) is 0 Å². The van der Waals surface area contributed by atoms with Crippen LogP contribution in [0.1, 0.15) is 19.8 Å². The molecular weight excluding hydrogens is 224 g/mol. The van der Waals surface area contributed by atoms with Crippen molar-refractivity contribution in [3.63, 3.8) is 0 Å². The third kappa shape index (κ3) is 3.59. The Hall–Kier alpha value is -1.30. The van der Waals surface area contributed by atoms with E-state index in [-0.39, 0.29) is 19.2 Å². The van der Waals surface area contributed by atoms with Gasteiger partial charge in [-0.15, -0.1) is 0 Å². The second-order valence-corrected chi connectivity index (χ2v) is 4.21. The molecule has 1 fully saturated rings. The van der Waals surface area contributed by atoms with E-state index < -0.39 is 11.9 Å². The Kier molecular flexibility index (Phi) is 5.21. The lowest BCUT2D eigenvalue weighted by Crippen LogP contribution is -2.49. The van der Waals surface area contributed by atoms with Crippen LogP contribution in [-0.4, -0.2) is 64.8 Å². The van der Waals surface area contributed by atoms with Crippen LogP contribution >= 0.6 is 0 Å². The molecule has 2 N–H and O–H groups in total. The van der Waals surface area contributed by atoms with Crippen LogP contribution in [-0.2, 0) is 4.79 Å². The van der Waals surface area contributed by atoms with Gasteiger partial charge in [0, 0.05) is 26.2 Å². The number of rotatable bonds is 4. The van der Waals surface area contributed by atoms with Crippen molar-refractivity contribution < 1.29 is 19.8 Å². The molecule has 1 rings (SSSR count). The standard InChI is InChI=1S/C11H20N2O4/c1-2-12(6-7-14)11(17)13-5-3-4-9(8-13)10(15)16/h9,14H,2-8H2,1H3,(H,15,16). The Morgan fingerprint density at radius 3 is 2.71 bits per heavy atom. The SMILES string of the molecule is CCN(CCO)C(=O)N1CCCC(C(=O)O)C1. The maximum atomic E-state index is 12.0. The van der Waals surface area contributed by atoms with Crippen LogP contribution < -0.4 is 0 Å². The number of piperidine rings is 1. The van der Waals surface area contributed by atoms with Crippen molar-refractivity contribution in [2.24, 2.45) is 5.92 Å². The highest BCUT2D eigenvalue weighted by Crippen LogP contribution is 2.17. The minimum absolute atomic E-state index is 0.0736. The molecule has 1 aliphatic rings. The number of urea groups is 1. The third-order valence-corrected chi connectivity index (χ3v) is 3.06. The van der Waals surface area contributed by atoms with E-state index in [1.165, 1.54) is 4.90 Å². The summed E-state index contributed by atoms with van der Waals surface area (Å²) in [7, 11) is 0. The highest BCUT2D eigenvalue weighted by molar-refractivity contribution is 5.76. The molecule has 0 saturated carbocycles. The van der Waals surface area contributed by atoms with Crippen molar-refractivity contribution in [3.05, 3.63) is 0 Å². The maximum Gasteiger partial charge on any atom is 0.320 e. The number of carbonyl (C=O) groups excluding carboxylic acids is 1. The molecule has 0 aliphatic carbocycles. The van der Waals surface area contributed by atoms with Crippen molar-refractivity contribution in [1.29, 1.82) is 0 Å². The molecule has 0 radical (unpaired) electrons. The van der Waals surface area contributed by atoms with Gasteiger partial charge in [-0.3, -0.25) is 4.79 Å². The first-order valence-corrected chi connectivity index (χ1v) is 5.97. The summed E-state index contributed by atoms with van der Waals surface area (Å²) in [6, 6.07) is -0.174. The van der Waals surface area contributed by atoms with Gasteiger partial charge in [-0.2, -0.15) is 0 Å². The largest absolute Gasteiger partial charge is 0.481 e. The van der Waals surface area contributed by atoms with Gasteiger partial charge in [-0.05, 0) is 19.8 Å². The van der Waals surface area contributed by atoms with Crippen molar-refractivity contribution in [1.82, 2.24) is 9.80 Å². The molecule has 0 spiro atoms. The van der Waals surface area contributed by atoms with Crippen LogP contribution in [0, 0.1) is 5.92 Å². The Labute approximate surface area is 101 Å². The lowest BCUT2D eigenvalue weighted by Gasteiger charge is -2.34. The summed E-state index contributed by atoms with van der Waals surface area (Å²) < 4.78 is 0.